The lowest BCUT2D eigenvalue weighted by Crippen LogP contribution is -2.29. The van der Waals surface area contributed by atoms with Gasteiger partial charge in [-0.15, -0.1) is 5.10 Å². The number of aromatic nitrogens is 4. The largest absolute Gasteiger partial charge is 0.342 e. The Hall–Kier alpha value is -2.76. The number of amides is 1. The monoisotopic (exact) mass is 309 g/mol. The maximum absolute atomic E-state index is 12.5. The standard InChI is InChI=1S/C17H19N5O/c1-4-14(13-7-6-11(2)10-12(13)3)19-16(23)15-20-17-18-8-5-9-22(17)21-15/h5-10,14H,4H2,1-3H3,(H,19,23). The van der Waals surface area contributed by atoms with Crippen LogP contribution in [0.4, 0.5) is 0 Å². The molecular weight excluding hydrogens is 290 g/mol. The van der Waals surface area contributed by atoms with Crippen LogP contribution in [0.15, 0.2) is 36.7 Å². The van der Waals surface area contributed by atoms with Crippen molar-refractivity contribution in [3.63, 3.8) is 0 Å². The van der Waals surface area contributed by atoms with Crippen molar-refractivity contribution in [3.05, 3.63) is 59.2 Å². The highest BCUT2D eigenvalue weighted by atomic mass is 16.2. The number of carbonyl (C=O) groups is 1. The number of aryl methyl sites for hydroxylation is 2. The highest BCUT2D eigenvalue weighted by molar-refractivity contribution is 5.91. The van der Waals surface area contributed by atoms with Crippen LogP contribution < -0.4 is 5.32 Å². The van der Waals surface area contributed by atoms with Crippen molar-refractivity contribution in [1.82, 2.24) is 24.9 Å². The van der Waals surface area contributed by atoms with Crippen molar-refractivity contribution in [3.8, 4) is 0 Å². The first-order valence-corrected chi connectivity index (χ1v) is 7.64. The molecule has 0 aliphatic carbocycles. The first kappa shape index (κ1) is 15.1. The van der Waals surface area contributed by atoms with Gasteiger partial charge < -0.3 is 5.32 Å². The van der Waals surface area contributed by atoms with Gasteiger partial charge in [0.2, 0.25) is 5.82 Å². The minimum atomic E-state index is -0.290. The molecule has 118 valence electrons. The van der Waals surface area contributed by atoms with Gasteiger partial charge in [-0.05, 0) is 37.5 Å². The molecule has 1 atom stereocenters. The average Bonchev–Trinajstić information content (AvgIpc) is 2.97. The number of nitrogens with one attached hydrogen (secondary N) is 1. The van der Waals surface area contributed by atoms with Crippen LogP contribution in [0.2, 0.25) is 0 Å². The second-order valence-corrected chi connectivity index (χ2v) is 5.59. The van der Waals surface area contributed by atoms with Gasteiger partial charge in [0.1, 0.15) is 0 Å². The molecular formula is C17H19N5O. The molecule has 3 aromatic rings. The van der Waals surface area contributed by atoms with E-state index in [1.807, 2.05) is 6.92 Å². The van der Waals surface area contributed by atoms with Gasteiger partial charge in [0.25, 0.3) is 11.7 Å². The zero-order valence-corrected chi connectivity index (χ0v) is 13.4. The molecule has 0 saturated heterocycles. The van der Waals surface area contributed by atoms with E-state index >= 15 is 0 Å². The Morgan fingerprint density at radius 2 is 2.17 bits per heavy atom. The summed E-state index contributed by atoms with van der Waals surface area (Å²) in [6.45, 7) is 6.16. The smallest absolute Gasteiger partial charge is 0.291 e. The number of hydrogen-bond acceptors (Lipinski definition) is 4. The predicted molar refractivity (Wildman–Crippen MR) is 87.2 cm³/mol. The Labute approximate surface area is 134 Å². The molecule has 1 amide bonds. The van der Waals surface area contributed by atoms with Gasteiger partial charge in [0.15, 0.2) is 0 Å². The van der Waals surface area contributed by atoms with Crippen molar-refractivity contribution < 1.29 is 4.79 Å². The Morgan fingerprint density at radius 3 is 2.87 bits per heavy atom. The highest BCUT2D eigenvalue weighted by Crippen LogP contribution is 2.22. The molecule has 1 aromatic carbocycles. The predicted octanol–water partition coefficient (Wildman–Crippen LogP) is 2.62. The highest BCUT2D eigenvalue weighted by Gasteiger charge is 2.19. The summed E-state index contributed by atoms with van der Waals surface area (Å²) < 4.78 is 1.49. The van der Waals surface area contributed by atoms with Crippen LogP contribution in [0.5, 0.6) is 0 Å². The molecule has 0 aliphatic rings. The van der Waals surface area contributed by atoms with Crippen LogP contribution in [0.25, 0.3) is 5.78 Å². The minimum absolute atomic E-state index is 0.0670. The Morgan fingerprint density at radius 1 is 1.35 bits per heavy atom. The van der Waals surface area contributed by atoms with Crippen molar-refractivity contribution in [2.75, 3.05) is 0 Å². The molecule has 23 heavy (non-hydrogen) atoms. The fraction of sp³-hybridized carbons (Fsp3) is 0.294. The maximum Gasteiger partial charge on any atom is 0.291 e. The molecule has 0 fully saturated rings. The fourth-order valence-corrected chi connectivity index (χ4v) is 2.67. The summed E-state index contributed by atoms with van der Waals surface area (Å²) in [6, 6.07) is 7.93. The van der Waals surface area contributed by atoms with Gasteiger partial charge in [-0.25, -0.2) is 9.50 Å². The van der Waals surface area contributed by atoms with Crippen LogP contribution in [0.1, 0.15) is 46.7 Å². The van der Waals surface area contributed by atoms with Crippen LogP contribution in [0.3, 0.4) is 0 Å². The molecule has 2 heterocycles. The Kier molecular flexibility index (Phi) is 4.06. The van der Waals surface area contributed by atoms with Gasteiger partial charge >= 0.3 is 0 Å². The normalized spacial score (nSPS) is 12.3. The van der Waals surface area contributed by atoms with E-state index in [1.54, 1.807) is 18.5 Å². The molecule has 6 nitrogen and oxygen atoms in total. The van der Waals surface area contributed by atoms with Crippen LogP contribution in [-0.2, 0) is 0 Å². The van der Waals surface area contributed by atoms with E-state index in [4.69, 9.17) is 0 Å². The lowest BCUT2D eigenvalue weighted by atomic mass is 9.97. The van der Waals surface area contributed by atoms with Crippen LogP contribution >= 0.6 is 0 Å². The van der Waals surface area contributed by atoms with Gasteiger partial charge in [-0.1, -0.05) is 30.7 Å². The van der Waals surface area contributed by atoms with E-state index in [2.05, 4.69) is 52.4 Å². The number of carbonyl (C=O) groups excluding carboxylic acids is 1. The van der Waals surface area contributed by atoms with Crippen LogP contribution in [-0.4, -0.2) is 25.5 Å². The molecule has 1 unspecified atom stereocenters. The first-order chi connectivity index (χ1) is 11.1. The zero-order valence-electron chi connectivity index (χ0n) is 13.4. The third kappa shape index (κ3) is 3.06. The van der Waals surface area contributed by atoms with Gasteiger partial charge in [0, 0.05) is 12.4 Å². The zero-order chi connectivity index (χ0) is 16.4. The quantitative estimate of drug-likeness (QED) is 0.804. The number of rotatable bonds is 4. The molecule has 0 saturated carbocycles. The Bertz CT molecular complexity index is 822. The second-order valence-electron chi connectivity index (χ2n) is 5.59. The van der Waals surface area contributed by atoms with E-state index in [-0.39, 0.29) is 17.8 Å². The molecule has 2 aromatic heterocycles. The average molecular weight is 309 g/mol. The van der Waals surface area contributed by atoms with E-state index in [0.717, 1.165) is 12.0 Å². The van der Waals surface area contributed by atoms with Crippen molar-refractivity contribution in [1.29, 1.82) is 0 Å². The third-order valence-corrected chi connectivity index (χ3v) is 3.83. The van der Waals surface area contributed by atoms with E-state index in [1.165, 1.54) is 15.6 Å². The molecule has 0 radical (unpaired) electrons. The van der Waals surface area contributed by atoms with Gasteiger partial charge in [-0.2, -0.15) is 4.98 Å². The topological polar surface area (TPSA) is 72.2 Å². The Balaban J connectivity index is 1.84. The van der Waals surface area contributed by atoms with Crippen molar-refractivity contribution in [2.45, 2.75) is 33.2 Å². The summed E-state index contributed by atoms with van der Waals surface area (Å²) in [4.78, 5) is 20.7. The summed E-state index contributed by atoms with van der Waals surface area (Å²) in [5.74, 6) is 0.256. The molecule has 3 rings (SSSR count). The molecule has 0 aliphatic heterocycles. The summed E-state index contributed by atoms with van der Waals surface area (Å²) in [6.07, 6.45) is 4.13. The molecule has 0 spiro atoms. The van der Waals surface area contributed by atoms with Crippen LogP contribution in [0, 0.1) is 13.8 Å². The van der Waals surface area contributed by atoms with E-state index in [0.29, 0.717) is 5.78 Å². The van der Waals surface area contributed by atoms with Crippen molar-refractivity contribution in [2.24, 2.45) is 0 Å². The molecule has 6 heteroatoms. The SMILES string of the molecule is CCC(NC(=O)c1nc2ncccn2n1)c1ccc(C)cc1C. The lowest BCUT2D eigenvalue weighted by molar-refractivity contribution is 0.0925. The van der Waals surface area contributed by atoms with Crippen molar-refractivity contribution >= 4 is 11.7 Å². The molecule has 1 N–H and O–H groups in total. The number of fused-ring (bicyclic) bond motifs is 1. The summed E-state index contributed by atoms with van der Waals surface area (Å²) in [7, 11) is 0. The number of nitrogens with zero attached hydrogens (tertiary/aromatic N) is 4. The number of benzene rings is 1. The maximum atomic E-state index is 12.5. The van der Waals surface area contributed by atoms with E-state index in [9.17, 15) is 4.79 Å². The summed E-state index contributed by atoms with van der Waals surface area (Å²) in [5, 5.41) is 7.18. The summed E-state index contributed by atoms with van der Waals surface area (Å²) in [5.41, 5.74) is 3.50. The summed E-state index contributed by atoms with van der Waals surface area (Å²) >= 11 is 0. The fourth-order valence-electron chi connectivity index (χ4n) is 2.67. The van der Waals surface area contributed by atoms with Gasteiger partial charge in [0.05, 0.1) is 6.04 Å². The lowest BCUT2D eigenvalue weighted by Gasteiger charge is -2.19. The first-order valence-electron chi connectivity index (χ1n) is 7.64. The molecule has 0 bridgehead atoms. The third-order valence-electron chi connectivity index (χ3n) is 3.83. The van der Waals surface area contributed by atoms with Gasteiger partial charge in [-0.3, -0.25) is 4.79 Å². The second kappa shape index (κ2) is 6.16. The number of hydrogen-bond donors (Lipinski definition) is 1. The van der Waals surface area contributed by atoms with E-state index < -0.39 is 0 Å². The minimum Gasteiger partial charge on any atom is -0.342 e.